The molecular formula is C9H7Cl2F3OS. The average Bonchev–Trinajstić information content (AvgIpc) is 2.17. The summed E-state index contributed by atoms with van der Waals surface area (Å²) in [4.78, 5) is 0.414. The summed E-state index contributed by atoms with van der Waals surface area (Å²) in [6.07, 6.45) is -6.98. The van der Waals surface area contributed by atoms with Crippen molar-refractivity contribution in [2.75, 3.05) is 5.75 Å². The van der Waals surface area contributed by atoms with E-state index in [1.165, 1.54) is 18.2 Å². The van der Waals surface area contributed by atoms with Crippen LogP contribution in [-0.2, 0) is 0 Å². The molecule has 0 saturated carbocycles. The van der Waals surface area contributed by atoms with Crippen molar-refractivity contribution in [2.45, 2.75) is 17.2 Å². The van der Waals surface area contributed by atoms with Crippen LogP contribution in [0.15, 0.2) is 23.1 Å². The third-order valence-corrected chi connectivity index (χ3v) is 3.48. The Morgan fingerprint density at radius 3 is 2.50 bits per heavy atom. The summed E-state index contributed by atoms with van der Waals surface area (Å²) in [5.41, 5.74) is 0. The van der Waals surface area contributed by atoms with E-state index < -0.39 is 18.0 Å². The van der Waals surface area contributed by atoms with Crippen molar-refractivity contribution >= 4 is 35.0 Å². The Balaban J connectivity index is 2.64. The summed E-state index contributed by atoms with van der Waals surface area (Å²) in [6.45, 7) is 0. The van der Waals surface area contributed by atoms with Gasteiger partial charge in [0.05, 0.1) is 5.02 Å². The van der Waals surface area contributed by atoms with Crippen molar-refractivity contribution in [1.29, 1.82) is 0 Å². The molecule has 0 heterocycles. The zero-order chi connectivity index (χ0) is 12.3. The van der Waals surface area contributed by atoms with Gasteiger partial charge in [0.2, 0.25) is 0 Å². The van der Waals surface area contributed by atoms with E-state index in [9.17, 15) is 13.2 Å². The molecule has 1 N–H and O–H groups in total. The number of benzene rings is 1. The first-order valence-corrected chi connectivity index (χ1v) is 5.87. The predicted molar refractivity (Wildman–Crippen MR) is 59.2 cm³/mol. The highest BCUT2D eigenvalue weighted by Crippen LogP contribution is 2.32. The number of hydrogen-bond donors (Lipinski definition) is 1. The van der Waals surface area contributed by atoms with Gasteiger partial charge in [0, 0.05) is 15.7 Å². The minimum absolute atomic E-state index is 0.309. The van der Waals surface area contributed by atoms with Crippen LogP contribution in [0.5, 0.6) is 0 Å². The molecule has 1 aromatic carbocycles. The van der Waals surface area contributed by atoms with Gasteiger partial charge in [0.1, 0.15) is 0 Å². The first kappa shape index (κ1) is 14.0. The lowest BCUT2D eigenvalue weighted by atomic mass is 10.4. The average molecular weight is 291 g/mol. The number of thioether (sulfide) groups is 1. The maximum atomic E-state index is 12.0. The van der Waals surface area contributed by atoms with E-state index in [4.69, 9.17) is 28.3 Å². The Labute approximate surface area is 105 Å². The van der Waals surface area contributed by atoms with Gasteiger partial charge < -0.3 is 5.11 Å². The molecule has 0 fully saturated rings. The minimum atomic E-state index is -4.61. The quantitative estimate of drug-likeness (QED) is 0.849. The lowest BCUT2D eigenvalue weighted by Crippen LogP contribution is -2.30. The highest BCUT2D eigenvalue weighted by molar-refractivity contribution is 7.99. The summed E-state index contributed by atoms with van der Waals surface area (Å²) in [5, 5.41) is 9.48. The third-order valence-electron chi connectivity index (χ3n) is 1.67. The zero-order valence-electron chi connectivity index (χ0n) is 7.76. The first-order chi connectivity index (χ1) is 7.30. The molecule has 0 amide bonds. The van der Waals surface area contributed by atoms with E-state index in [-0.39, 0.29) is 0 Å². The van der Waals surface area contributed by atoms with Gasteiger partial charge in [-0.3, -0.25) is 0 Å². The third kappa shape index (κ3) is 4.05. The van der Waals surface area contributed by atoms with Crippen LogP contribution in [0.2, 0.25) is 10.0 Å². The van der Waals surface area contributed by atoms with Crippen molar-refractivity contribution in [3.05, 3.63) is 28.2 Å². The molecular weight excluding hydrogens is 284 g/mol. The zero-order valence-corrected chi connectivity index (χ0v) is 10.1. The summed E-state index contributed by atoms with van der Waals surface area (Å²) in [7, 11) is 0. The van der Waals surface area contributed by atoms with E-state index in [2.05, 4.69) is 0 Å². The Morgan fingerprint density at radius 2 is 1.94 bits per heavy atom. The molecule has 0 aliphatic carbocycles. The van der Waals surface area contributed by atoms with Crippen molar-refractivity contribution in [3.8, 4) is 0 Å². The predicted octanol–water partition coefficient (Wildman–Crippen LogP) is 4.01. The van der Waals surface area contributed by atoms with Crippen LogP contribution in [0.4, 0.5) is 13.2 Å². The van der Waals surface area contributed by atoms with Crippen LogP contribution < -0.4 is 0 Å². The lowest BCUT2D eigenvalue weighted by Gasteiger charge is -2.14. The summed E-state index contributed by atoms with van der Waals surface area (Å²) in [6, 6.07) is 4.48. The molecule has 7 heteroatoms. The fourth-order valence-electron chi connectivity index (χ4n) is 0.851. The van der Waals surface area contributed by atoms with Crippen molar-refractivity contribution < 1.29 is 18.3 Å². The van der Waals surface area contributed by atoms with Crippen LogP contribution in [0.1, 0.15) is 0 Å². The highest BCUT2D eigenvalue weighted by atomic mass is 35.5. The molecule has 1 rings (SSSR count). The first-order valence-electron chi connectivity index (χ1n) is 4.13. The molecule has 0 saturated heterocycles. The SMILES string of the molecule is OC(CSc1cc(Cl)ccc1Cl)C(F)(F)F. The fourth-order valence-corrected chi connectivity index (χ4v) is 2.31. The van der Waals surface area contributed by atoms with Crippen LogP contribution in [-0.4, -0.2) is 23.1 Å². The number of aliphatic hydroxyl groups excluding tert-OH is 1. The Kier molecular flexibility index (Phi) is 4.79. The lowest BCUT2D eigenvalue weighted by molar-refractivity contribution is -0.195. The van der Waals surface area contributed by atoms with Crippen LogP contribution in [0, 0.1) is 0 Å². The molecule has 0 radical (unpaired) electrons. The number of halogens is 5. The number of hydrogen-bond acceptors (Lipinski definition) is 2. The van der Waals surface area contributed by atoms with Crippen LogP contribution >= 0.6 is 35.0 Å². The maximum absolute atomic E-state index is 12.0. The molecule has 0 aromatic heterocycles. The second-order valence-electron chi connectivity index (χ2n) is 2.94. The topological polar surface area (TPSA) is 20.2 Å². The monoisotopic (exact) mass is 290 g/mol. The van der Waals surface area contributed by atoms with Gasteiger partial charge in [-0.2, -0.15) is 13.2 Å². The van der Waals surface area contributed by atoms with Gasteiger partial charge in [-0.25, -0.2) is 0 Å². The minimum Gasteiger partial charge on any atom is -0.383 e. The van der Waals surface area contributed by atoms with Crippen molar-refractivity contribution in [2.24, 2.45) is 0 Å². The molecule has 0 aliphatic rings. The molecule has 0 aliphatic heterocycles. The molecule has 1 unspecified atom stereocenters. The second kappa shape index (κ2) is 5.49. The van der Waals surface area contributed by atoms with Gasteiger partial charge in [-0.05, 0) is 18.2 Å². The normalized spacial score (nSPS) is 13.9. The van der Waals surface area contributed by atoms with Gasteiger partial charge in [0.25, 0.3) is 0 Å². The van der Waals surface area contributed by atoms with Gasteiger partial charge in [-0.1, -0.05) is 23.2 Å². The van der Waals surface area contributed by atoms with E-state index in [1.807, 2.05) is 0 Å². The molecule has 16 heavy (non-hydrogen) atoms. The molecule has 0 spiro atoms. The number of alkyl halides is 3. The number of rotatable bonds is 3. The van der Waals surface area contributed by atoms with Crippen molar-refractivity contribution in [1.82, 2.24) is 0 Å². The smallest absolute Gasteiger partial charge is 0.383 e. The van der Waals surface area contributed by atoms with E-state index in [1.54, 1.807) is 0 Å². The Morgan fingerprint density at radius 1 is 1.31 bits per heavy atom. The summed E-state index contributed by atoms with van der Waals surface area (Å²) in [5.74, 6) is -0.510. The second-order valence-corrected chi connectivity index (χ2v) is 4.85. The summed E-state index contributed by atoms with van der Waals surface area (Å²) >= 11 is 12.2. The van der Waals surface area contributed by atoms with E-state index in [0.29, 0.717) is 14.9 Å². The van der Waals surface area contributed by atoms with Crippen LogP contribution in [0.3, 0.4) is 0 Å². The fraction of sp³-hybridized carbons (Fsp3) is 0.333. The van der Waals surface area contributed by atoms with Gasteiger partial charge >= 0.3 is 6.18 Å². The van der Waals surface area contributed by atoms with Crippen molar-refractivity contribution in [3.63, 3.8) is 0 Å². The number of aliphatic hydroxyl groups is 1. The highest BCUT2D eigenvalue weighted by Gasteiger charge is 2.38. The van der Waals surface area contributed by atoms with E-state index in [0.717, 1.165) is 11.8 Å². The summed E-state index contributed by atoms with van der Waals surface area (Å²) < 4.78 is 36.0. The Bertz CT molecular complexity index is 370. The molecule has 1 atom stereocenters. The molecule has 1 aromatic rings. The van der Waals surface area contributed by atoms with E-state index >= 15 is 0 Å². The maximum Gasteiger partial charge on any atom is 0.415 e. The van der Waals surface area contributed by atoms with Crippen LogP contribution in [0.25, 0.3) is 0 Å². The Hall–Kier alpha value is -0.100. The standard InChI is InChI=1S/C9H7Cl2F3OS/c10-5-1-2-6(11)7(3-5)16-4-8(15)9(12,13)14/h1-3,8,15H,4H2. The molecule has 0 bridgehead atoms. The largest absolute Gasteiger partial charge is 0.415 e. The van der Waals surface area contributed by atoms with Gasteiger partial charge in [-0.15, -0.1) is 11.8 Å². The molecule has 90 valence electrons. The van der Waals surface area contributed by atoms with Gasteiger partial charge in [0.15, 0.2) is 6.10 Å². The molecule has 1 nitrogen and oxygen atoms in total.